The average molecular weight is 144 g/mol. The van der Waals surface area contributed by atoms with E-state index in [9.17, 15) is 0 Å². The second-order valence-electron chi connectivity index (χ2n) is 2.12. The quantitative estimate of drug-likeness (QED) is 0.654. The number of nitrogens with zero attached hydrogens (tertiary/aromatic N) is 2. The molecule has 1 N–H and O–H groups in total. The molecule has 0 aliphatic carbocycles. The van der Waals surface area contributed by atoms with Crippen molar-refractivity contribution < 1.29 is 0 Å². The lowest BCUT2D eigenvalue weighted by Gasteiger charge is -1.90. The minimum absolute atomic E-state index is 0.873. The van der Waals surface area contributed by atoms with Crippen LogP contribution >= 0.6 is 0 Å². The zero-order chi connectivity index (χ0) is 7.52. The van der Waals surface area contributed by atoms with E-state index in [1.807, 2.05) is 18.2 Å². The average Bonchev–Trinajstić information content (AvgIpc) is 2.58. The van der Waals surface area contributed by atoms with E-state index in [4.69, 9.17) is 0 Å². The number of rotatable bonds is 1. The summed E-state index contributed by atoms with van der Waals surface area (Å²) in [6, 6.07) is 5.66. The zero-order valence-corrected chi connectivity index (χ0v) is 5.78. The van der Waals surface area contributed by atoms with Gasteiger partial charge in [-0.15, -0.1) is 0 Å². The lowest BCUT2D eigenvalue weighted by atomic mass is 10.2. The molecule has 0 atom stereocenters. The Morgan fingerprint density at radius 3 is 3.00 bits per heavy atom. The van der Waals surface area contributed by atoms with Gasteiger partial charge in [0.25, 0.3) is 0 Å². The Labute approximate surface area is 64.1 Å². The highest BCUT2D eigenvalue weighted by atomic mass is 15.1. The fraction of sp³-hybridized carbons (Fsp3) is 0. The summed E-state index contributed by atoms with van der Waals surface area (Å²) < 4.78 is 0. The smallest absolute Gasteiger partial charge is 0.0987 e. The Kier molecular flexibility index (Phi) is 1.41. The van der Waals surface area contributed by atoms with Crippen LogP contribution < -0.4 is 0 Å². The van der Waals surface area contributed by atoms with Crippen molar-refractivity contribution in [2.24, 2.45) is 0 Å². The molecule has 2 aromatic heterocycles. The van der Waals surface area contributed by atoms with Crippen LogP contribution in [0.3, 0.4) is 0 Å². The predicted molar refractivity (Wildman–Crippen MR) is 40.7 cm³/mol. The highest BCUT2D eigenvalue weighted by molar-refractivity contribution is 5.55. The SMILES string of the molecule is [c]1ncccc1-c1cc[nH]n1. The van der Waals surface area contributed by atoms with Gasteiger partial charge in [0.15, 0.2) is 0 Å². The molecule has 0 unspecified atom stereocenters. The Hall–Kier alpha value is -1.64. The molecule has 0 amide bonds. The number of hydrogen-bond donors (Lipinski definition) is 1. The predicted octanol–water partition coefficient (Wildman–Crippen LogP) is 1.27. The van der Waals surface area contributed by atoms with E-state index in [1.165, 1.54) is 0 Å². The summed E-state index contributed by atoms with van der Waals surface area (Å²) in [5.41, 5.74) is 1.78. The lowest BCUT2D eigenvalue weighted by Crippen LogP contribution is -1.78. The second kappa shape index (κ2) is 2.54. The normalized spacial score (nSPS) is 9.82. The fourth-order valence-electron chi connectivity index (χ4n) is 0.879. The molecule has 0 bridgehead atoms. The van der Waals surface area contributed by atoms with Crippen LogP contribution in [0.15, 0.2) is 30.6 Å². The highest BCUT2D eigenvalue weighted by Crippen LogP contribution is 2.11. The maximum atomic E-state index is 3.99. The van der Waals surface area contributed by atoms with Gasteiger partial charge in [-0.25, -0.2) is 0 Å². The number of hydrogen-bond acceptors (Lipinski definition) is 2. The molecule has 0 saturated heterocycles. The van der Waals surface area contributed by atoms with Crippen molar-refractivity contribution in [2.75, 3.05) is 0 Å². The van der Waals surface area contributed by atoms with Crippen LogP contribution in [0.5, 0.6) is 0 Å². The second-order valence-corrected chi connectivity index (χ2v) is 2.12. The molecule has 0 aliphatic rings. The van der Waals surface area contributed by atoms with Crippen molar-refractivity contribution in [1.82, 2.24) is 15.2 Å². The molecule has 3 nitrogen and oxygen atoms in total. The summed E-state index contributed by atoms with van der Waals surface area (Å²) in [6.45, 7) is 0. The van der Waals surface area contributed by atoms with Gasteiger partial charge in [-0.3, -0.25) is 10.1 Å². The third-order valence-corrected chi connectivity index (χ3v) is 1.39. The molecule has 3 heteroatoms. The number of pyridine rings is 1. The number of H-pyrrole nitrogens is 1. The third-order valence-electron chi connectivity index (χ3n) is 1.39. The topological polar surface area (TPSA) is 41.6 Å². The van der Waals surface area contributed by atoms with Crippen LogP contribution in [0.4, 0.5) is 0 Å². The van der Waals surface area contributed by atoms with Crippen LogP contribution in [0.2, 0.25) is 0 Å². The molecule has 0 spiro atoms. The van der Waals surface area contributed by atoms with E-state index in [0.717, 1.165) is 11.3 Å². The molecule has 0 aromatic carbocycles. The van der Waals surface area contributed by atoms with E-state index in [0.29, 0.717) is 0 Å². The molecule has 0 aliphatic heterocycles. The first-order chi connectivity index (χ1) is 5.47. The van der Waals surface area contributed by atoms with E-state index in [2.05, 4.69) is 21.4 Å². The van der Waals surface area contributed by atoms with Crippen LogP contribution in [0, 0.1) is 6.20 Å². The third kappa shape index (κ3) is 1.12. The molecule has 2 heterocycles. The largest absolute Gasteiger partial charge is 0.285 e. The maximum Gasteiger partial charge on any atom is 0.0987 e. The zero-order valence-electron chi connectivity index (χ0n) is 5.78. The van der Waals surface area contributed by atoms with Crippen LogP contribution in [-0.4, -0.2) is 15.2 Å². The molecule has 11 heavy (non-hydrogen) atoms. The van der Waals surface area contributed by atoms with Gasteiger partial charge in [0.1, 0.15) is 0 Å². The van der Waals surface area contributed by atoms with Gasteiger partial charge < -0.3 is 0 Å². The van der Waals surface area contributed by atoms with Gasteiger partial charge in [-0.1, -0.05) is 0 Å². The standard InChI is InChI=1S/C8H6N3/c1-2-7(6-9-4-1)8-3-5-10-11-8/h1-5H,(H,10,11). The molecular formula is C8H6N3. The fourth-order valence-corrected chi connectivity index (χ4v) is 0.879. The Morgan fingerprint density at radius 2 is 2.36 bits per heavy atom. The maximum absolute atomic E-state index is 3.99. The van der Waals surface area contributed by atoms with Crippen molar-refractivity contribution in [3.05, 3.63) is 36.8 Å². The number of aromatic nitrogens is 3. The van der Waals surface area contributed by atoms with E-state index < -0.39 is 0 Å². The molecule has 2 rings (SSSR count). The van der Waals surface area contributed by atoms with Gasteiger partial charge >= 0.3 is 0 Å². The highest BCUT2D eigenvalue weighted by Gasteiger charge is 1.96. The Morgan fingerprint density at radius 1 is 1.36 bits per heavy atom. The molecule has 1 radical (unpaired) electrons. The van der Waals surface area contributed by atoms with Gasteiger partial charge in [0.05, 0.1) is 11.9 Å². The minimum atomic E-state index is 0.873. The summed E-state index contributed by atoms with van der Waals surface area (Å²) in [5.74, 6) is 0. The first kappa shape index (κ1) is 6.09. The van der Waals surface area contributed by atoms with Gasteiger partial charge in [-0.2, -0.15) is 5.10 Å². The summed E-state index contributed by atoms with van der Waals surface area (Å²) in [5, 5.41) is 6.72. The molecular weight excluding hydrogens is 138 g/mol. The minimum Gasteiger partial charge on any atom is -0.285 e. The first-order valence-electron chi connectivity index (χ1n) is 3.30. The first-order valence-corrected chi connectivity index (χ1v) is 3.30. The summed E-state index contributed by atoms with van der Waals surface area (Å²) in [7, 11) is 0. The molecule has 53 valence electrons. The van der Waals surface area contributed by atoms with Crippen molar-refractivity contribution in [1.29, 1.82) is 0 Å². The van der Waals surface area contributed by atoms with Crippen molar-refractivity contribution >= 4 is 0 Å². The van der Waals surface area contributed by atoms with E-state index in [-0.39, 0.29) is 0 Å². The molecule has 2 aromatic rings. The van der Waals surface area contributed by atoms with Crippen molar-refractivity contribution in [3.8, 4) is 11.3 Å². The van der Waals surface area contributed by atoms with Crippen molar-refractivity contribution in [3.63, 3.8) is 0 Å². The van der Waals surface area contributed by atoms with Crippen LogP contribution in [0.1, 0.15) is 0 Å². The molecule has 0 saturated carbocycles. The van der Waals surface area contributed by atoms with E-state index >= 15 is 0 Å². The summed E-state index contributed by atoms with van der Waals surface area (Å²) >= 11 is 0. The number of aromatic amines is 1. The van der Waals surface area contributed by atoms with Crippen LogP contribution in [0.25, 0.3) is 11.3 Å². The number of nitrogens with one attached hydrogen (secondary N) is 1. The summed E-state index contributed by atoms with van der Waals surface area (Å²) in [4.78, 5) is 3.86. The van der Waals surface area contributed by atoms with Gasteiger partial charge in [0, 0.05) is 18.0 Å². The van der Waals surface area contributed by atoms with Crippen LogP contribution in [-0.2, 0) is 0 Å². The van der Waals surface area contributed by atoms with E-state index in [1.54, 1.807) is 12.4 Å². The van der Waals surface area contributed by atoms with Crippen molar-refractivity contribution in [2.45, 2.75) is 0 Å². The Balaban J connectivity index is 2.46. The summed E-state index contributed by atoms with van der Waals surface area (Å²) in [6.07, 6.45) is 6.30. The Bertz CT molecular complexity index is 312. The lowest BCUT2D eigenvalue weighted by molar-refractivity contribution is 1.09. The van der Waals surface area contributed by atoms with Gasteiger partial charge in [-0.05, 0) is 18.2 Å². The molecule has 0 fully saturated rings. The monoisotopic (exact) mass is 144 g/mol. The van der Waals surface area contributed by atoms with Gasteiger partial charge in [0.2, 0.25) is 0 Å².